The predicted molar refractivity (Wildman–Crippen MR) is 218 cm³/mol. The van der Waals surface area contributed by atoms with Crippen molar-refractivity contribution in [1.82, 2.24) is 5.32 Å². The standard InChI is InChI=1S/C45H85NO5/c1-3-5-7-9-11-13-15-16-17-19-21-25-29-33-37-43(48)42(41-47)46-44(49)38-34-30-26-22-20-24-28-32-36-40-51-45(50)39-35-31-27-23-18-14-12-10-8-6-4-2/h10,12,22,26,42-43,47-48H,3-9,11,13-21,23-25,27-41H2,1-2H3,(H,46,49)/b12-10-,26-22-. The maximum Gasteiger partial charge on any atom is 0.305 e. The van der Waals surface area contributed by atoms with Crippen LogP contribution in [0.25, 0.3) is 0 Å². The molecule has 2 unspecified atom stereocenters. The Bertz CT molecular complexity index is 797. The Morgan fingerprint density at radius 2 is 0.961 bits per heavy atom. The molecule has 0 heterocycles. The highest BCUT2D eigenvalue weighted by Gasteiger charge is 2.19. The summed E-state index contributed by atoms with van der Waals surface area (Å²) in [6.45, 7) is 4.80. The molecule has 6 heteroatoms. The normalized spacial score (nSPS) is 12.9. The fraction of sp³-hybridized carbons (Fsp3) is 0.867. The molecule has 300 valence electrons. The van der Waals surface area contributed by atoms with Gasteiger partial charge in [0.1, 0.15) is 0 Å². The van der Waals surface area contributed by atoms with Gasteiger partial charge in [0.25, 0.3) is 0 Å². The quantitative estimate of drug-likeness (QED) is 0.0333. The third-order valence-corrected chi connectivity index (χ3v) is 9.97. The highest BCUT2D eigenvalue weighted by atomic mass is 16.5. The molecule has 0 radical (unpaired) electrons. The molecular weight excluding hydrogens is 634 g/mol. The second-order valence-corrected chi connectivity index (χ2v) is 15.0. The van der Waals surface area contributed by atoms with Crippen molar-refractivity contribution in [2.24, 2.45) is 0 Å². The summed E-state index contributed by atoms with van der Waals surface area (Å²) in [5, 5.41) is 23.1. The van der Waals surface area contributed by atoms with E-state index in [4.69, 9.17) is 4.74 Å². The average molecular weight is 720 g/mol. The summed E-state index contributed by atoms with van der Waals surface area (Å²) in [6, 6.07) is -0.578. The number of carbonyl (C=O) groups is 2. The molecule has 0 aromatic rings. The van der Waals surface area contributed by atoms with Gasteiger partial charge in [-0.15, -0.1) is 0 Å². The first-order valence-electron chi connectivity index (χ1n) is 22.1. The van der Waals surface area contributed by atoms with E-state index in [-0.39, 0.29) is 18.5 Å². The Kier molecular flexibility index (Phi) is 39.8. The summed E-state index contributed by atoms with van der Waals surface area (Å²) in [7, 11) is 0. The van der Waals surface area contributed by atoms with Crippen LogP contribution in [0.1, 0.15) is 226 Å². The van der Waals surface area contributed by atoms with Gasteiger partial charge in [0.05, 0.1) is 25.4 Å². The molecule has 1 amide bonds. The Balaban J connectivity index is 3.58. The number of hydrogen-bond donors (Lipinski definition) is 3. The van der Waals surface area contributed by atoms with Gasteiger partial charge < -0.3 is 20.3 Å². The lowest BCUT2D eigenvalue weighted by Gasteiger charge is -2.22. The van der Waals surface area contributed by atoms with E-state index < -0.39 is 12.1 Å². The summed E-state index contributed by atoms with van der Waals surface area (Å²) < 4.78 is 5.40. The first kappa shape index (κ1) is 49.3. The van der Waals surface area contributed by atoms with Crippen molar-refractivity contribution < 1.29 is 24.5 Å². The maximum atomic E-state index is 12.4. The minimum atomic E-state index is -0.694. The third kappa shape index (κ3) is 37.9. The zero-order valence-electron chi connectivity index (χ0n) is 33.8. The fourth-order valence-electron chi connectivity index (χ4n) is 6.50. The number of esters is 1. The highest BCUT2D eigenvalue weighted by Crippen LogP contribution is 2.15. The highest BCUT2D eigenvalue weighted by molar-refractivity contribution is 5.76. The molecule has 0 aromatic heterocycles. The molecule has 0 rings (SSSR count). The van der Waals surface area contributed by atoms with Crippen LogP contribution < -0.4 is 5.32 Å². The minimum absolute atomic E-state index is 0.0475. The molecule has 0 saturated heterocycles. The summed E-state index contributed by atoms with van der Waals surface area (Å²) in [4.78, 5) is 24.3. The number of rotatable bonds is 40. The molecule has 0 fully saturated rings. The van der Waals surface area contributed by atoms with Crippen LogP contribution in [0.2, 0.25) is 0 Å². The van der Waals surface area contributed by atoms with Gasteiger partial charge in [0, 0.05) is 12.8 Å². The van der Waals surface area contributed by atoms with Crippen molar-refractivity contribution in [1.29, 1.82) is 0 Å². The van der Waals surface area contributed by atoms with E-state index in [1.54, 1.807) is 0 Å². The largest absolute Gasteiger partial charge is 0.466 e. The molecule has 0 spiro atoms. The summed E-state index contributed by atoms with van der Waals surface area (Å²) >= 11 is 0. The number of ether oxygens (including phenoxy) is 1. The van der Waals surface area contributed by atoms with Gasteiger partial charge in [-0.3, -0.25) is 9.59 Å². The lowest BCUT2D eigenvalue weighted by molar-refractivity contribution is -0.143. The molecule has 0 bridgehead atoms. The van der Waals surface area contributed by atoms with Crippen LogP contribution >= 0.6 is 0 Å². The lowest BCUT2D eigenvalue weighted by atomic mass is 10.0. The smallest absolute Gasteiger partial charge is 0.305 e. The topological polar surface area (TPSA) is 95.9 Å². The van der Waals surface area contributed by atoms with Gasteiger partial charge in [0.2, 0.25) is 5.91 Å². The number of aliphatic hydroxyl groups excluding tert-OH is 2. The van der Waals surface area contributed by atoms with E-state index in [2.05, 4.69) is 43.5 Å². The molecular formula is C45H85NO5. The van der Waals surface area contributed by atoms with Gasteiger partial charge in [0.15, 0.2) is 0 Å². The fourth-order valence-corrected chi connectivity index (χ4v) is 6.50. The van der Waals surface area contributed by atoms with Crippen LogP contribution in [0, 0.1) is 0 Å². The summed E-state index contributed by atoms with van der Waals surface area (Å²) in [5.74, 6) is -0.145. The van der Waals surface area contributed by atoms with Gasteiger partial charge in [-0.25, -0.2) is 0 Å². The first-order valence-corrected chi connectivity index (χ1v) is 22.1. The minimum Gasteiger partial charge on any atom is -0.466 e. The van der Waals surface area contributed by atoms with Gasteiger partial charge in [-0.2, -0.15) is 0 Å². The van der Waals surface area contributed by atoms with E-state index in [0.29, 0.717) is 25.9 Å². The molecule has 0 aliphatic heterocycles. The Morgan fingerprint density at radius 3 is 1.49 bits per heavy atom. The number of hydrogen-bond acceptors (Lipinski definition) is 5. The Labute approximate surface area is 316 Å². The van der Waals surface area contributed by atoms with Gasteiger partial charge in [-0.1, -0.05) is 173 Å². The first-order chi connectivity index (χ1) is 25.0. The molecule has 6 nitrogen and oxygen atoms in total. The average Bonchev–Trinajstić information content (AvgIpc) is 3.13. The monoisotopic (exact) mass is 720 g/mol. The number of carbonyl (C=O) groups excluding carboxylic acids is 2. The van der Waals surface area contributed by atoms with Crippen LogP contribution in [-0.2, 0) is 14.3 Å². The maximum absolute atomic E-state index is 12.4. The zero-order valence-corrected chi connectivity index (χ0v) is 33.8. The van der Waals surface area contributed by atoms with Crippen molar-refractivity contribution >= 4 is 11.9 Å². The van der Waals surface area contributed by atoms with Crippen molar-refractivity contribution in [3.8, 4) is 0 Å². The third-order valence-electron chi connectivity index (χ3n) is 9.97. The van der Waals surface area contributed by atoms with Crippen LogP contribution in [-0.4, -0.2) is 47.4 Å². The van der Waals surface area contributed by atoms with E-state index in [1.165, 1.54) is 122 Å². The van der Waals surface area contributed by atoms with E-state index in [9.17, 15) is 19.8 Å². The van der Waals surface area contributed by atoms with E-state index >= 15 is 0 Å². The number of unbranched alkanes of at least 4 members (excludes halogenated alkanes) is 25. The van der Waals surface area contributed by atoms with Crippen LogP contribution in [0.3, 0.4) is 0 Å². The van der Waals surface area contributed by atoms with Crippen molar-refractivity contribution in [2.45, 2.75) is 238 Å². The lowest BCUT2D eigenvalue weighted by Crippen LogP contribution is -2.45. The molecule has 0 aromatic carbocycles. The number of allylic oxidation sites excluding steroid dienone is 4. The molecule has 0 aliphatic carbocycles. The molecule has 51 heavy (non-hydrogen) atoms. The number of nitrogens with one attached hydrogen (secondary N) is 1. The number of amides is 1. The Morgan fingerprint density at radius 1 is 0.529 bits per heavy atom. The molecule has 2 atom stereocenters. The van der Waals surface area contributed by atoms with Crippen LogP contribution in [0.4, 0.5) is 0 Å². The second kappa shape index (κ2) is 41.1. The van der Waals surface area contributed by atoms with E-state index in [1.807, 2.05) is 0 Å². The van der Waals surface area contributed by atoms with Crippen molar-refractivity contribution in [3.05, 3.63) is 24.3 Å². The van der Waals surface area contributed by atoms with Crippen molar-refractivity contribution in [2.75, 3.05) is 13.2 Å². The predicted octanol–water partition coefficient (Wildman–Crippen LogP) is 12.4. The van der Waals surface area contributed by atoms with Crippen molar-refractivity contribution in [3.63, 3.8) is 0 Å². The second-order valence-electron chi connectivity index (χ2n) is 15.0. The number of aliphatic hydroxyl groups is 2. The SMILES string of the molecule is CCCC/C=C\CCCCCCCC(=O)OCCCCCC/C=C\CCCC(=O)NC(CO)C(O)CCCCCCCCCCCCCCCC. The molecule has 0 aliphatic rings. The summed E-state index contributed by atoms with van der Waals surface area (Å²) in [6.07, 6.45) is 45.6. The molecule has 3 N–H and O–H groups in total. The summed E-state index contributed by atoms with van der Waals surface area (Å²) in [5.41, 5.74) is 0. The van der Waals surface area contributed by atoms with Gasteiger partial charge >= 0.3 is 5.97 Å². The molecule has 0 saturated carbocycles. The van der Waals surface area contributed by atoms with Crippen LogP contribution in [0.5, 0.6) is 0 Å². The zero-order chi connectivity index (χ0) is 37.3. The van der Waals surface area contributed by atoms with Crippen LogP contribution in [0.15, 0.2) is 24.3 Å². The van der Waals surface area contributed by atoms with Gasteiger partial charge in [-0.05, 0) is 64.2 Å². The Hall–Kier alpha value is -1.66. The van der Waals surface area contributed by atoms with E-state index in [0.717, 1.165) is 70.6 Å².